The number of hydrogen-bond acceptors (Lipinski definition) is 3. The number of aryl methyl sites for hydroxylation is 2. The summed E-state index contributed by atoms with van der Waals surface area (Å²) in [7, 11) is 0. The zero-order valence-corrected chi connectivity index (χ0v) is 13.9. The fourth-order valence-corrected chi connectivity index (χ4v) is 2.38. The number of carbonyl (C=O) groups excluding carboxylic acids is 1. The Balaban J connectivity index is 1.85. The molecule has 0 radical (unpaired) electrons. The molecule has 2 aromatic rings. The quantitative estimate of drug-likeness (QED) is 0.796. The molecule has 0 aliphatic carbocycles. The highest BCUT2D eigenvalue weighted by atomic mass is 16.5. The van der Waals surface area contributed by atoms with E-state index in [1.807, 2.05) is 45.0 Å². The van der Waals surface area contributed by atoms with Gasteiger partial charge in [-0.1, -0.05) is 18.2 Å². The van der Waals surface area contributed by atoms with Gasteiger partial charge in [-0.05, 0) is 56.2 Å². The lowest BCUT2D eigenvalue weighted by molar-refractivity contribution is 0.0943. The maximum atomic E-state index is 12.2. The Morgan fingerprint density at radius 2 is 1.74 bits per heavy atom. The van der Waals surface area contributed by atoms with Crippen molar-refractivity contribution in [2.24, 2.45) is 0 Å². The zero-order valence-electron chi connectivity index (χ0n) is 13.9. The second-order valence-electron chi connectivity index (χ2n) is 5.36. The Morgan fingerprint density at radius 3 is 2.43 bits per heavy atom. The molecule has 0 fully saturated rings. The molecule has 0 aliphatic heterocycles. The topological polar surface area (TPSA) is 47.6 Å². The van der Waals surface area contributed by atoms with Crippen LogP contribution in [0.15, 0.2) is 42.5 Å². The Labute approximate surface area is 137 Å². The first-order chi connectivity index (χ1) is 11.1. The van der Waals surface area contributed by atoms with Crippen LogP contribution in [-0.4, -0.2) is 25.7 Å². The van der Waals surface area contributed by atoms with Gasteiger partial charge in [0.15, 0.2) is 0 Å². The van der Waals surface area contributed by atoms with Crippen LogP contribution < -0.4 is 14.8 Å². The molecule has 0 unspecified atom stereocenters. The fourth-order valence-electron chi connectivity index (χ4n) is 2.38. The lowest BCUT2D eigenvalue weighted by Crippen LogP contribution is -2.28. The van der Waals surface area contributed by atoms with E-state index in [0.29, 0.717) is 31.1 Å². The minimum absolute atomic E-state index is 0.155. The Kier molecular flexibility index (Phi) is 6.03. The molecule has 4 nitrogen and oxygen atoms in total. The third-order valence-electron chi connectivity index (χ3n) is 3.28. The number of amides is 1. The molecule has 1 amide bonds. The maximum absolute atomic E-state index is 12.2. The van der Waals surface area contributed by atoms with Gasteiger partial charge in [-0.25, -0.2) is 0 Å². The lowest BCUT2D eigenvalue weighted by atomic mass is 10.1. The summed E-state index contributed by atoms with van der Waals surface area (Å²) in [5.41, 5.74) is 2.87. The van der Waals surface area contributed by atoms with Crippen LogP contribution in [0.3, 0.4) is 0 Å². The third-order valence-corrected chi connectivity index (χ3v) is 3.28. The van der Waals surface area contributed by atoms with E-state index in [1.54, 1.807) is 12.1 Å². The molecular weight excluding hydrogens is 290 g/mol. The van der Waals surface area contributed by atoms with Gasteiger partial charge >= 0.3 is 0 Å². The SMILES string of the molecule is CCOc1ccccc1C(=O)NCCOc1cc(C)cc(C)c1. The maximum Gasteiger partial charge on any atom is 0.255 e. The van der Waals surface area contributed by atoms with Crippen molar-refractivity contribution >= 4 is 5.91 Å². The molecule has 0 atom stereocenters. The molecule has 4 heteroatoms. The van der Waals surface area contributed by atoms with Crippen LogP contribution in [0, 0.1) is 13.8 Å². The summed E-state index contributed by atoms with van der Waals surface area (Å²) in [4.78, 5) is 12.2. The van der Waals surface area contributed by atoms with E-state index < -0.39 is 0 Å². The van der Waals surface area contributed by atoms with E-state index >= 15 is 0 Å². The Hall–Kier alpha value is -2.49. The monoisotopic (exact) mass is 313 g/mol. The second-order valence-corrected chi connectivity index (χ2v) is 5.36. The van der Waals surface area contributed by atoms with Gasteiger partial charge in [0.1, 0.15) is 18.1 Å². The Bertz CT molecular complexity index is 647. The van der Waals surface area contributed by atoms with Crippen LogP contribution >= 0.6 is 0 Å². The average Bonchev–Trinajstić information content (AvgIpc) is 2.51. The van der Waals surface area contributed by atoms with Gasteiger partial charge in [0.05, 0.1) is 18.7 Å². The Morgan fingerprint density at radius 1 is 1.04 bits per heavy atom. The summed E-state index contributed by atoms with van der Waals surface area (Å²) < 4.78 is 11.2. The van der Waals surface area contributed by atoms with Crippen LogP contribution in [-0.2, 0) is 0 Å². The van der Waals surface area contributed by atoms with E-state index in [-0.39, 0.29) is 5.91 Å². The molecule has 122 valence electrons. The van der Waals surface area contributed by atoms with Crippen molar-refractivity contribution in [1.82, 2.24) is 5.32 Å². The highest BCUT2D eigenvalue weighted by Gasteiger charge is 2.11. The van der Waals surface area contributed by atoms with Crippen LogP contribution in [0.25, 0.3) is 0 Å². The normalized spacial score (nSPS) is 10.2. The second kappa shape index (κ2) is 8.22. The number of benzene rings is 2. The molecule has 0 aliphatic rings. The summed E-state index contributed by atoms with van der Waals surface area (Å²) in [5.74, 6) is 1.27. The number of hydrogen-bond donors (Lipinski definition) is 1. The molecule has 0 saturated heterocycles. The highest BCUT2D eigenvalue weighted by Crippen LogP contribution is 2.18. The van der Waals surface area contributed by atoms with E-state index in [9.17, 15) is 4.79 Å². The molecule has 0 saturated carbocycles. The molecule has 0 heterocycles. The van der Waals surface area contributed by atoms with Gasteiger partial charge in [-0.3, -0.25) is 4.79 Å². The smallest absolute Gasteiger partial charge is 0.255 e. The van der Waals surface area contributed by atoms with Gasteiger partial charge in [-0.2, -0.15) is 0 Å². The molecule has 23 heavy (non-hydrogen) atoms. The number of ether oxygens (including phenoxy) is 2. The largest absolute Gasteiger partial charge is 0.493 e. The van der Waals surface area contributed by atoms with Crippen molar-refractivity contribution in [3.05, 3.63) is 59.2 Å². The third kappa shape index (κ3) is 5.02. The predicted molar refractivity (Wildman–Crippen MR) is 91.4 cm³/mol. The van der Waals surface area contributed by atoms with Crippen molar-refractivity contribution in [3.8, 4) is 11.5 Å². The number of para-hydroxylation sites is 1. The minimum Gasteiger partial charge on any atom is -0.493 e. The van der Waals surface area contributed by atoms with Crippen LogP contribution in [0.5, 0.6) is 11.5 Å². The van der Waals surface area contributed by atoms with E-state index in [1.165, 1.54) is 0 Å². The first-order valence-electron chi connectivity index (χ1n) is 7.81. The molecule has 1 N–H and O–H groups in total. The van der Waals surface area contributed by atoms with Crippen molar-refractivity contribution in [3.63, 3.8) is 0 Å². The van der Waals surface area contributed by atoms with Gasteiger partial charge < -0.3 is 14.8 Å². The first kappa shape index (κ1) is 16.9. The van der Waals surface area contributed by atoms with Crippen molar-refractivity contribution in [1.29, 1.82) is 0 Å². The average molecular weight is 313 g/mol. The molecule has 0 aromatic heterocycles. The number of carbonyl (C=O) groups is 1. The van der Waals surface area contributed by atoms with Gasteiger partial charge in [0.2, 0.25) is 0 Å². The van der Waals surface area contributed by atoms with E-state index in [0.717, 1.165) is 16.9 Å². The molecular formula is C19H23NO3. The number of nitrogens with one attached hydrogen (secondary N) is 1. The molecule has 0 spiro atoms. The summed E-state index contributed by atoms with van der Waals surface area (Å²) in [5, 5.41) is 2.85. The van der Waals surface area contributed by atoms with E-state index in [4.69, 9.17) is 9.47 Å². The van der Waals surface area contributed by atoms with Crippen molar-refractivity contribution in [2.75, 3.05) is 19.8 Å². The standard InChI is InChI=1S/C19H23NO3/c1-4-22-18-8-6-5-7-17(18)19(21)20-9-10-23-16-12-14(2)11-15(3)13-16/h5-8,11-13H,4,9-10H2,1-3H3,(H,20,21). The summed E-state index contributed by atoms with van der Waals surface area (Å²) >= 11 is 0. The molecule has 0 bridgehead atoms. The van der Waals surface area contributed by atoms with Gasteiger partial charge in [0, 0.05) is 0 Å². The van der Waals surface area contributed by atoms with E-state index in [2.05, 4.69) is 11.4 Å². The van der Waals surface area contributed by atoms with Crippen LogP contribution in [0.2, 0.25) is 0 Å². The number of rotatable bonds is 7. The van der Waals surface area contributed by atoms with Crippen LogP contribution in [0.4, 0.5) is 0 Å². The van der Waals surface area contributed by atoms with Crippen molar-refractivity contribution < 1.29 is 14.3 Å². The summed E-state index contributed by atoms with van der Waals surface area (Å²) in [6.07, 6.45) is 0. The fraction of sp³-hybridized carbons (Fsp3) is 0.316. The van der Waals surface area contributed by atoms with Gasteiger partial charge in [-0.15, -0.1) is 0 Å². The summed E-state index contributed by atoms with van der Waals surface area (Å²) in [6.45, 7) is 7.35. The zero-order chi connectivity index (χ0) is 16.7. The first-order valence-corrected chi connectivity index (χ1v) is 7.81. The molecule has 2 rings (SSSR count). The van der Waals surface area contributed by atoms with Crippen LogP contribution in [0.1, 0.15) is 28.4 Å². The van der Waals surface area contributed by atoms with Gasteiger partial charge in [0.25, 0.3) is 5.91 Å². The van der Waals surface area contributed by atoms with Crippen molar-refractivity contribution in [2.45, 2.75) is 20.8 Å². The lowest BCUT2D eigenvalue weighted by Gasteiger charge is -2.11. The minimum atomic E-state index is -0.155. The highest BCUT2D eigenvalue weighted by molar-refractivity contribution is 5.96. The predicted octanol–water partition coefficient (Wildman–Crippen LogP) is 3.51. The molecule has 2 aromatic carbocycles. The summed E-state index contributed by atoms with van der Waals surface area (Å²) in [6, 6.07) is 13.3.